The molecule has 0 bridgehead atoms. The summed E-state index contributed by atoms with van der Waals surface area (Å²) in [6, 6.07) is 10.3. The molecule has 114 valence electrons. The van der Waals surface area contributed by atoms with E-state index in [9.17, 15) is 5.11 Å². The monoisotopic (exact) mass is 297 g/mol. The van der Waals surface area contributed by atoms with Crippen LogP contribution in [0.2, 0.25) is 0 Å². The van der Waals surface area contributed by atoms with Gasteiger partial charge in [-0.05, 0) is 37.3 Å². The fourth-order valence-electron chi connectivity index (χ4n) is 3.15. The molecule has 0 aliphatic carbocycles. The Morgan fingerprint density at radius 2 is 1.75 bits per heavy atom. The molecule has 3 heteroatoms. The molecule has 0 amide bonds. The Hall–Kier alpha value is -0.570. The van der Waals surface area contributed by atoms with Gasteiger partial charge in [-0.1, -0.05) is 51.1 Å². The number of aliphatic hydroxyl groups is 1. The van der Waals surface area contributed by atoms with Crippen molar-refractivity contribution >= 4 is 12.4 Å². The van der Waals surface area contributed by atoms with Crippen LogP contribution in [-0.4, -0.2) is 29.6 Å². The Kier molecular flexibility index (Phi) is 5.29. The standard InChI is InChI=1S/C17H27NO.ClH/c1-13-17(19,14-9-7-6-8-10-14)11-15(12-18(13)5)16(2,3)4;/h6-10,13,15,19H,11-12H2,1-5H3;1H. The first-order valence-electron chi connectivity index (χ1n) is 7.23. The van der Waals surface area contributed by atoms with Gasteiger partial charge in [0.25, 0.3) is 0 Å². The van der Waals surface area contributed by atoms with Crippen molar-refractivity contribution in [1.82, 2.24) is 4.90 Å². The van der Waals surface area contributed by atoms with Crippen molar-refractivity contribution in [3.05, 3.63) is 35.9 Å². The van der Waals surface area contributed by atoms with Gasteiger partial charge in [0, 0.05) is 12.6 Å². The molecule has 0 radical (unpaired) electrons. The number of nitrogens with zero attached hydrogens (tertiary/aromatic N) is 1. The van der Waals surface area contributed by atoms with Crippen molar-refractivity contribution < 1.29 is 5.11 Å². The van der Waals surface area contributed by atoms with Gasteiger partial charge in [-0.2, -0.15) is 0 Å². The molecule has 1 aliphatic heterocycles. The summed E-state index contributed by atoms with van der Waals surface area (Å²) >= 11 is 0. The summed E-state index contributed by atoms with van der Waals surface area (Å²) in [7, 11) is 2.12. The van der Waals surface area contributed by atoms with Crippen molar-refractivity contribution in [2.75, 3.05) is 13.6 Å². The highest BCUT2D eigenvalue weighted by molar-refractivity contribution is 5.85. The van der Waals surface area contributed by atoms with Gasteiger partial charge in [-0.3, -0.25) is 0 Å². The molecule has 1 fully saturated rings. The molecule has 0 aromatic heterocycles. The van der Waals surface area contributed by atoms with E-state index in [0.717, 1.165) is 18.5 Å². The third-order valence-electron chi connectivity index (χ3n) is 4.92. The second kappa shape index (κ2) is 6.05. The highest BCUT2D eigenvalue weighted by Crippen LogP contribution is 2.44. The van der Waals surface area contributed by atoms with Gasteiger partial charge in [0.1, 0.15) is 5.60 Å². The SMILES string of the molecule is CC1N(C)CC(C(C)(C)C)CC1(O)c1ccccc1.Cl. The summed E-state index contributed by atoms with van der Waals surface area (Å²) in [5, 5.41) is 11.3. The van der Waals surface area contributed by atoms with E-state index in [1.54, 1.807) is 0 Å². The number of hydrogen-bond donors (Lipinski definition) is 1. The first-order chi connectivity index (χ1) is 8.75. The third-order valence-corrected chi connectivity index (χ3v) is 4.92. The Bertz CT molecular complexity index is 428. The lowest BCUT2D eigenvalue weighted by molar-refractivity contribution is -0.109. The van der Waals surface area contributed by atoms with Crippen molar-refractivity contribution in [3.63, 3.8) is 0 Å². The number of hydrogen-bond acceptors (Lipinski definition) is 2. The van der Waals surface area contributed by atoms with Crippen molar-refractivity contribution in [3.8, 4) is 0 Å². The number of likely N-dealkylation sites (tertiary alicyclic amines) is 1. The van der Waals surface area contributed by atoms with Crippen LogP contribution >= 0.6 is 12.4 Å². The van der Waals surface area contributed by atoms with Crippen LogP contribution in [0.5, 0.6) is 0 Å². The summed E-state index contributed by atoms with van der Waals surface area (Å²) in [5.41, 5.74) is 0.520. The second-order valence-electron chi connectivity index (χ2n) is 7.17. The number of rotatable bonds is 1. The van der Waals surface area contributed by atoms with E-state index >= 15 is 0 Å². The first-order valence-corrected chi connectivity index (χ1v) is 7.23. The molecule has 1 saturated heterocycles. The topological polar surface area (TPSA) is 23.5 Å². The lowest BCUT2D eigenvalue weighted by Crippen LogP contribution is -2.56. The average Bonchev–Trinajstić information content (AvgIpc) is 2.35. The van der Waals surface area contributed by atoms with Crippen LogP contribution in [0.4, 0.5) is 0 Å². The van der Waals surface area contributed by atoms with Crippen LogP contribution in [0.3, 0.4) is 0 Å². The lowest BCUT2D eigenvalue weighted by Gasteiger charge is -2.51. The predicted octanol–water partition coefficient (Wildman–Crippen LogP) is 3.68. The zero-order chi connectivity index (χ0) is 14.3. The largest absolute Gasteiger partial charge is 0.384 e. The van der Waals surface area contributed by atoms with E-state index in [-0.39, 0.29) is 23.9 Å². The van der Waals surface area contributed by atoms with Crippen LogP contribution in [0, 0.1) is 11.3 Å². The molecular formula is C17H28ClNO. The molecule has 2 rings (SSSR count). The minimum atomic E-state index is -0.744. The number of benzene rings is 1. The van der Waals surface area contributed by atoms with E-state index in [1.807, 2.05) is 18.2 Å². The minimum absolute atomic E-state index is 0. The van der Waals surface area contributed by atoms with E-state index in [4.69, 9.17) is 0 Å². The van der Waals surface area contributed by atoms with Crippen LogP contribution < -0.4 is 0 Å². The van der Waals surface area contributed by atoms with Gasteiger partial charge in [-0.25, -0.2) is 0 Å². The molecule has 20 heavy (non-hydrogen) atoms. The number of likely N-dealkylation sites (N-methyl/N-ethyl adjacent to an activating group) is 1. The average molecular weight is 298 g/mol. The minimum Gasteiger partial charge on any atom is -0.384 e. The molecule has 1 N–H and O–H groups in total. The maximum Gasteiger partial charge on any atom is 0.105 e. The van der Waals surface area contributed by atoms with Gasteiger partial charge in [-0.15, -0.1) is 12.4 Å². The zero-order valence-electron chi connectivity index (χ0n) is 13.3. The molecule has 1 aromatic carbocycles. The van der Waals surface area contributed by atoms with Crippen LogP contribution in [0.15, 0.2) is 30.3 Å². The maximum atomic E-state index is 11.3. The maximum absolute atomic E-state index is 11.3. The van der Waals surface area contributed by atoms with Gasteiger partial charge in [0.05, 0.1) is 0 Å². The molecule has 3 unspecified atom stereocenters. The molecule has 0 spiro atoms. The second-order valence-corrected chi connectivity index (χ2v) is 7.17. The van der Waals surface area contributed by atoms with Gasteiger partial charge >= 0.3 is 0 Å². The van der Waals surface area contributed by atoms with E-state index in [2.05, 4.69) is 51.8 Å². The molecule has 2 nitrogen and oxygen atoms in total. The Morgan fingerprint density at radius 1 is 1.20 bits per heavy atom. The third kappa shape index (κ3) is 3.19. The van der Waals surface area contributed by atoms with Gasteiger partial charge in [0.15, 0.2) is 0 Å². The zero-order valence-corrected chi connectivity index (χ0v) is 14.1. The van der Waals surface area contributed by atoms with Crippen LogP contribution in [0.1, 0.15) is 39.7 Å². The predicted molar refractivity (Wildman–Crippen MR) is 87.2 cm³/mol. The van der Waals surface area contributed by atoms with E-state index < -0.39 is 5.60 Å². The summed E-state index contributed by atoms with van der Waals surface area (Å²) < 4.78 is 0. The quantitative estimate of drug-likeness (QED) is 0.855. The van der Waals surface area contributed by atoms with Crippen LogP contribution in [0.25, 0.3) is 0 Å². The number of piperidine rings is 1. The Morgan fingerprint density at radius 3 is 2.25 bits per heavy atom. The Labute approximate surface area is 129 Å². The normalized spacial score (nSPS) is 31.7. The fraction of sp³-hybridized carbons (Fsp3) is 0.647. The van der Waals surface area contributed by atoms with E-state index in [1.165, 1.54) is 0 Å². The van der Waals surface area contributed by atoms with Crippen molar-refractivity contribution in [1.29, 1.82) is 0 Å². The molecule has 1 heterocycles. The number of halogens is 1. The van der Waals surface area contributed by atoms with Crippen molar-refractivity contribution in [2.24, 2.45) is 11.3 Å². The molecular weight excluding hydrogens is 270 g/mol. The summed E-state index contributed by atoms with van der Waals surface area (Å²) in [6.07, 6.45) is 0.839. The fourth-order valence-corrected chi connectivity index (χ4v) is 3.15. The Balaban J connectivity index is 0.00000200. The molecule has 3 atom stereocenters. The summed E-state index contributed by atoms with van der Waals surface area (Å²) in [4.78, 5) is 2.30. The lowest BCUT2D eigenvalue weighted by atomic mass is 9.67. The molecule has 1 aliphatic rings. The smallest absolute Gasteiger partial charge is 0.105 e. The first kappa shape index (κ1) is 17.5. The summed E-state index contributed by atoms with van der Waals surface area (Å²) in [6.45, 7) is 10.00. The summed E-state index contributed by atoms with van der Waals surface area (Å²) in [5.74, 6) is 0.499. The van der Waals surface area contributed by atoms with Gasteiger partial charge in [0.2, 0.25) is 0 Å². The van der Waals surface area contributed by atoms with Crippen LogP contribution in [-0.2, 0) is 5.60 Å². The highest BCUT2D eigenvalue weighted by atomic mass is 35.5. The van der Waals surface area contributed by atoms with Gasteiger partial charge < -0.3 is 10.0 Å². The molecule has 0 saturated carbocycles. The molecule has 1 aromatic rings. The van der Waals surface area contributed by atoms with E-state index in [0.29, 0.717) is 5.92 Å². The highest BCUT2D eigenvalue weighted by Gasteiger charge is 2.46. The van der Waals surface area contributed by atoms with Crippen molar-refractivity contribution in [2.45, 2.75) is 45.8 Å².